The Kier molecular flexibility index (Phi) is 7.73. The fourth-order valence-corrected chi connectivity index (χ4v) is 3.29. The quantitative estimate of drug-likeness (QED) is 0.663. The highest BCUT2D eigenvalue weighted by atomic mass is 79.9. The zero-order valence-corrected chi connectivity index (χ0v) is 14.3. The van der Waals surface area contributed by atoms with E-state index in [1.54, 1.807) is 0 Å². The molecule has 0 amide bonds. The van der Waals surface area contributed by atoms with Crippen LogP contribution in [-0.2, 0) is 0 Å². The number of nitrogens with zero attached hydrogens (tertiary/aromatic N) is 1. The molecule has 0 aliphatic heterocycles. The molecule has 4 heteroatoms. The topological polar surface area (TPSA) is 20.3 Å². The Balaban J connectivity index is 2.49. The number of carbonyl (C=O) groups excluding carboxylic acids is 1. The number of Topliss-reactive ketones (excluding diaryl/α,β-unsaturated/α-hetero) is 1. The van der Waals surface area contributed by atoms with Gasteiger partial charge >= 0.3 is 0 Å². The molecule has 0 radical (unpaired) electrons. The predicted molar refractivity (Wildman–Crippen MR) is 88.2 cm³/mol. The molecule has 106 valence electrons. The molecule has 1 atom stereocenters. The molecule has 0 aliphatic carbocycles. The number of hydrogen-bond acceptors (Lipinski definition) is 3. The van der Waals surface area contributed by atoms with Crippen LogP contribution in [0.15, 0.2) is 28.7 Å². The van der Waals surface area contributed by atoms with Crippen LogP contribution in [0.3, 0.4) is 0 Å². The standard InChI is InChI=1S/C15H22BrNOS/c1-4-14(11-19-3)17(2)9-8-15(18)12-6-5-7-13(16)10-12/h5-7,10,14H,4,8-9,11H2,1-3H3. The number of rotatable bonds is 8. The van der Waals surface area contributed by atoms with Crippen LogP contribution in [-0.4, -0.2) is 42.3 Å². The van der Waals surface area contributed by atoms with E-state index in [0.717, 1.165) is 28.8 Å². The largest absolute Gasteiger partial charge is 0.302 e. The van der Waals surface area contributed by atoms with Crippen molar-refractivity contribution < 1.29 is 4.79 Å². The number of benzene rings is 1. The van der Waals surface area contributed by atoms with E-state index in [4.69, 9.17) is 0 Å². The molecule has 0 saturated heterocycles. The highest BCUT2D eigenvalue weighted by Crippen LogP contribution is 2.14. The summed E-state index contributed by atoms with van der Waals surface area (Å²) >= 11 is 5.26. The lowest BCUT2D eigenvalue weighted by atomic mass is 10.1. The Morgan fingerprint density at radius 2 is 2.21 bits per heavy atom. The maximum atomic E-state index is 12.1. The average Bonchev–Trinajstić information content (AvgIpc) is 2.41. The second-order valence-corrected chi connectivity index (χ2v) is 6.51. The van der Waals surface area contributed by atoms with Gasteiger partial charge < -0.3 is 4.90 Å². The van der Waals surface area contributed by atoms with Crippen molar-refractivity contribution in [3.63, 3.8) is 0 Å². The summed E-state index contributed by atoms with van der Waals surface area (Å²) in [5.41, 5.74) is 0.792. The molecule has 0 N–H and O–H groups in total. The summed E-state index contributed by atoms with van der Waals surface area (Å²) in [4.78, 5) is 14.4. The van der Waals surface area contributed by atoms with Crippen LogP contribution in [0.25, 0.3) is 0 Å². The maximum absolute atomic E-state index is 12.1. The van der Waals surface area contributed by atoms with Crippen molar-refractivity contribution in [3.8, 4) is 0 Å². The summed E-state index contributed by atoms with van der Waals surface area (Å²) < 4.78 is 0.959. The molecule has 0 heterocycles. The summed E-state index contributed by atoms with van der Waals surface area (Å²) in [5.74, 6) is 1.34. The van der Waals surface area contributed by atoms with Gasteiger partial charge in [0.2, 0.25) is 0 Å². The van der Waals surface area contributed by atoms with Gasteiger partial charge in [-0.25, -0.2) is 0 Å². The van der Waals surface area contributed by atoms with Crippen LogP contribution in [0.4, 0.5) is 0 Å². The van der Waals surface area contributed by atoms with Crippen LogP contribution in [0.2, 0.25) is 0 Å². The van der Waals surface area contributed by atoms with Gasteiger partial charge in [-0.05, 0) is 31.9 Å². The van der Waals surface area contributed by atoms with Crippen molar-refractivity contribution in [2.24, 2.45) is 0 Å². The normalized spacial score (nSPS) is 12.7. The Hall–Kier alpha value is -0.320. The summed E-state index contributed by atoms with van der Waals surface area (Å²) in [5, 5.41) is 0. The highest BCUT2D eigenvalue weighted by Gasteiger charge is 2.14. The minimum Gasteiger partial charge on any atom is -0.302 e. The lowest BCUT2D eigenvalue weighted by Gasteiger charge is -2.26. The first kappa shape index (κ1) is 16.7. The average molecular weight is 344 g/mol. The Morgan fingerprint density at radius 3 is 2.79 bits per heavy atom. The zero-order valence-electron chi connectivity index (χ0n) is 11.9. The van der Waals surface area contributed by atoms with Crippen LogP contribution < -0.4 is 0 Å². The lowest BCUT2D eigenvalue weighted by Crippen LogP contribution is -2.34. The van der Waals surface area contributed by atoms with Crippen molar-refractivity contribution >= 4 is 33.5 Å². The third-order valence-electron chi connectivity index (χ3n) is 3.29. The summed E-state index contributed by atoms with van der Waals surface area (Å²) in [6.07, 6.45) is 3.84. The molecule has 0 aliphatic rings. The first-order valence-corrected chi connectivity index (χ1v) is 8.75. The van der Waals surface area contributed by atoms with Crippen LogP contribution >= 0.6 is 27.7 Å². The maximum Gasteiger partial charge on any atom is 0.164 e. The SMILES string of the molecule is CCC(CSC)N(C)CCC(=O)c1cccc(Br)c1. The molecule has 0 aromatic heterocycles. The van der Waals surface area contributed by atoms with E-state index in [-0.39, 0.29) is 5.78 Å². The third kappa shape index (κ3) is 5.67. The van der Waals surface area contributed by atoms with Crippen LogP contribution in [0.1, 0.15) is 30.1 Å². The van der Waals surface area contributed by atoms with Gasteiger partial charge in [0.25, 0.3) is 0 Å². The van der Waals surface area contributed by atoms with Crippen LogP contribution in [0.5, 0.6) is 0 Å². The fraction of sp³-hybridized carbons (Fsp3) is 0.533. The van der Waals surface area contributed by atoms with Gasteiger partial charge in [0.1, 0.15) is 0 Å². The van der Waals surface area contributed by atoms with Gasteiger partial charge in [-0.2, -0.15) is 11.8 Å². The van der Waals surface area contributed by atoms with Crippen molar-refractivity contribution in [2.45, 2.75) is 25.8 Å². The molecule has 1 rings (SSSR count). The summed E-state index contributed by atoms with van der Waals surface area (Å²) in [7, 11) is 2.11. The molecule has 0 saturated carbocycles. The van der Waals surface area contributed by atoms with E-state index in [1.165, 1.54) is 0 Å². The molecule has 19 heavy (non-hydrogen) atoms. The van der Waals surface area contributed by atoms with E-state index >= 15 is 0 Å². The van der Waals surface area contributed by atoms with E-state index < -0.39 is 0 Å². The first-order valence-electron chi connectivity index (χ1n) is 6.56. The van der Waals surface area contributed by atoms with Crippen molar-refractivity contribution in [2.75, 3.05) is 25.6 Å². The minimum absolute atomic E-state index is 0.215. The number of ketones is 1. The van der Waals surface area contributed by atoms with Gasteiger partial charge in [0.15, 0.2) is 5.78 Å². The molecule has 1 aromatic carbocycles. The van der Waals surface area contributed by atoms with Gasteiger partial charge in [-0.1, -0.05) is 35.0 Å². The highest BCUT2D eigenvalue weighted by molar-refractivity contribution is 9.10. The van der Waals surface area contributed by atoms with E-state index in [2.05, 4.69) is 41.1 Å². The van der Waals surface area contributed by atoms with Crippen molar-refractivity contribution in [3.05, 3.63) is 34.3 Å². The van der Waals surface area contributed by atoms with Crippen molar-refractivity contribution in [1.82, 2.24) is 4.90 Å². The lowest BCUT2D eigenvalue weighted by molar-refractivity contribution is 0.0962. The first-order chi connectivity index (χ1) is 9.08. The van der Waals surface area contributed by atoms with E-state index in [9.17, 15) is 4.79 Å². The van der Waals surface area contributed by atoms with Crippen LogP contribution in [0, 0.1) is 0 Å². The molecular formula is C15H22BrNOS. The van der Waals surface area contributed by atoms with Gasteiger partial charge in [0, 0.05) is 34.8 Å². The Morgan fingerprint density at radius 1 is 1.47 bits per heavy atom. The van der Waals surface area contributed by atoms with Gasteiger partial charge in [0.05, 0.1) is 0 Å². The number of halogens is 1. The predicted octanol–water partition coefficient (Wildman–Crippen LogP) is 4.10. The van der Waals surface area contributed by atoms with Crippen molar-refractivity contribution in [1.29, 1.82) is 0 Å². The molecular weight excluding hydrogens is 322 g/mol. The monoisotopic (exact) mass is 343 g/mol. The van der Waals surface area contributed by atoms with Gasteiger partial charge in [-0.15, -0.1) is 0 Å². The Bertz CT molecular complexity index is 411. The molecule has 0 fully saturated rings. The summed E-state index contributed by atoms with van der Waals surface area (Å²) in [6, 6.07) is 8.18. The minimum atomic E-state index is 0.215. The number of hydrogen-bond donors (Lipinski definition) is 0. The molecule has 0 bridgehead atoms. The molecule has 1 unspecified atom stereocenters. The second-order valence-electron chi connectivity index (χ2n) is 4.68. The van der Waals surface area contributed by atoms with E-state index in [1.807, 2.05) is 36.0 Å². The third-order valence-corrected chi connectivity index (χ3v) is 4.50. The second kappa shape index (κ2) is 8.77. The molecule has 2 nitrogen and oxygen atoms in total. The smallest absolute Gasteiger partial charge is 0.164 e. The van der Waals surface area contributed by atoms with E-state index in [0.29, 0.717) is 12.5 Å². The Labute approximate surface area is 129 Å². The molecule has 1 aromatic rings. The zero-order chi connectivity index (χ0) is 14.3. The number of thioether (sulfide) groups is 1. The number of carbonyl (C=O) groups is 1. The van der Waals surface area contributed by atoms with Gasteiger partial charge in [-0.3, -0.25) is 4.79 Å². The molecule has 0 spiro atoms. The summed E-state index contributed by atoms with van der Waals surface area (Å²) in [6.45, 7) is 3.03. The fourth-order valence-electron chi connectivity index (χ4n) is 2.02.